The molecule has 2 aromatic rings. The number of fused-ring (bicyclic) bond motifs is 1. The minimum Gasteiger partial charge on any atom is -0.439 e. The Kier molecular flexibility index (Phi) is 1.97. The molecule has 0 spiro atoms. The Morgan fingerprint density at radius 3 is 2.93 bits per heavy atom. The van der Waals surface area contributed by atoms with Gasteiger partial charge in [0.2, 0.25) is 5.89 Å². The fourth-order valence-electron chi connectivity index (χ4n) is 1.92. The highest BCUT2D eigenvalue weighted by atomic mass is 16.3. The van der Waals surface area contributed by atoms with E-state index in [-0.39, 0.29) is 0 Å². The van der Waals surface area contributed by atoms with E-state index in [4.69, 9.17) is 10.2 Å². The molecular formula is C11H13N3O. The average molecular weight is 203 g/mol. The molecule has 0 bridgehead atoms. The van der Waals surface area contributed by atoms with Crippen molar-refractivity contribution in [2.24, 2.45) is 5.73 Å². The minimum absolute atomic E-state index is 0.328. The lowest BCUT2D eigenvalue weighted by molar-refractivity contribution is 0.130. The number of hydrogen-bond acceptors (Lipinski definition) is 4. The molecule has 1 aromatic heterocycles. The van der Waals surface area contributed by atoms with Crippen LogP contribution in [0.25, 0.3) is 11.1 Å². The molecule has 1 saturated heterocycles. The second kappa shape index (κ2) is 3.32. The van der Waals surface area contributed by atoms with Crippen LogP contribution in [0.15, 0.2) is 28.7 Å². The van der Waals surface area contributed by atoms with E-state index >= 15 is 0 Å². The van der Waals surface area contributed by atoms with Crippen molar-refractivity contribution in [3.8, 4) is 0 Å². The maximum absolute atomic E-state index is 5.70. The number of rotatable bonds is 2. The molecule has 1 aromatic carbocycles. The Labute approximate surface area is 87.7 Å². The number of para-hydroxylation sites is 2. The summed E-state index contributed by atoms with van der Waals surface area (Å²) in [5.74, 6) is 0.781. The standard InChI is InChI=1S/C11H13N3O/c12-8-5-14(6-8)7-11-13-9-3-1-2-4-10(9)15-11/h1-4,8H,5-7,12H2. The quantitative estimate of drug-likeness (QED) is 0.790. The molecule has 3 rings (SSSR count). The highest BCUT2D eigenvalue weighted by Gasteiger charge is 2.24. The largest absolute Gasteiger partial charge is 0.439 e. The lowest BCUT2D eigenvalue weighted by Crippen LogP contribution is -2.54. The van der Waals surface area contributed by atoms with Gasteiger partial charge >= 0.3 is 0 Å². The summed E-state index contributed by atoms with van der Waals surface area (Å²) >= 11 is 0. The van der Waals surface area contributed by atoms with E-state index in [9.17, 15) is 0 Å². The Hall–Kier alpha value is -1.39. The van der Waals surface area contributed by atoms with E-state index in [1.165, 1.54) is 0 Å². The summed E-state index contributed by atoms with van der Waals surface area (Å²) in [6.07, 6.45) is 0. The summed E-state index contributed by atoms with van der Waals surface area (Å²) in [6.45, 7) is 2.65. The SMILES string of the molecule is NC1CN(Cc2nc3ccccc3o2)C1. The molecule has 0 unspecified atom stereocenters. The van der Waals surface area contributed by atoms with Crippen molar-refractivity contribution in [1.29, 1.82) is 0 Å². The topological polar surface area (TPSA) is 55.3 Å². The Balaban J connectivity index is 1.80. The molecular weight excluding hydrogens is 190 g/mol. The smallest absolute Gasteiger partial charge is 0.209 e. The molecule has 15 heavy (non-hydrogen) atoms. The van der Waals surface area contributed by atoms with Crippen molar-refractivity contribution in [2.75, 3.05) is 13.1 Å². The van der Waals surface area contributed by atoms with Crippen LogP contribution in [0.3, 0.4) is 0 Å². The second-order valence-corrected chi connectivity index (χ2v) is 4.03. The molecule has 0 saturated carbocycles. The van der Waals surface area contributed by atoms with Crippen molar-refractivity contribution in [2.45, 2.75) is 12.6 Å². The monoisotopic (exact) mass is 203 g/mol. The molecule has 1 aliphatic rings. The third kappa shape index (κ3) is 1.62. The van der Waals surface area contributed by atoms with Gasteiger partial charge in [-0.2, -0.15) is 0 Å². The normalized spacial score (nSPS) is 18.2. The minimum atomic E-state index is 0.328. The van der Waals surface area contributed by atoms with Gasteiger partial charge in [-0.05, 0) is 12.1 Å². The van der Waals surface area contributed by atoms with E-state index < -0.39 is 0 Å². The van der Waals surface area contributed by atoms with Gasteiger partial charge in [0.1, 0.15) is 5.52 Å². The van der Waals surface area contributed by atoms with Crippen molar-refractivity contribution in [3.63, 3.8) is 0 Å². The Bertz CT molecular complexity index is 440. The zero-order valence-electron chi connectivity index (χ0n) is 8.39. The third-order valence-corrected chi connectivity index (χ3v) is 2.68. The molecule has 4 nitrogen and oxygen atoms in total. The summed E-state index contributed by atoms with van der Waals surface area (Å²) in [5, 5.41) is 0. The highest BCUT2D eigenvalue weighted by molar-refractivity contribution is 5.72. The van der Waals surface area contributed by atoms with Gasteiger partial charge in [0, 0.05) is 19.1 Å². The van der Waals surface area contributed by atoms with Crippen LogP contribution in [0.1, 0.15) is 5.89 Å². The van der Waals surface area contributed by atoms with Crippen LogP contribution in [0, 0.1) is 0 Å². The Morgan fingerprint density at radius 2 is 2.20 bits per heavy atom. The molecule has 0 aliphatic carbocycles. The van der Waals surface area contributed by atoms with Crippen molar-refractivity contribution in [1.82, 2.24) is 9.88 Å². The van der Waals surface area contributed by atoms with Gasteiger partial charge in [-0.3, -0.25) is 4.90 Å². The summed E-state index contributed by atoms with van der Waals surface area (Å²) in [5.41, 5.74) is 7.49. The lowest BCUT2D eigenvalue weighted by Gasteiger charge is -2.35. The number of nitrogens with two attached hydrogens (primary N) is 1. The van der Waals surface area contributed by atoms with Gasteiger partial charge in [0.15, 0.2) is 5.58 Å². The van der Waals surface area contributed by atoms with Gasteiger partial charge in [0.05, 0.1) is 6.54 Å². The van der Waals surface area contributed by atoms with E-state index in [1.54, 1.807) is 0 Å². The van der Waals surface area contributed by atoms with E-state index in [2.05, 4.69) is 9.88 Å². The first-order chi connectivity index (χ1) is 7.31. The summed E-state index contributed by atoms with van der Waals surface area (Å²) in [7, 11) is 0. The lowest BCUT2D eigenvalue weighted by atomic mass is 10.1. The zero-order valence-corrected chi connectivity index (χ0v) is 8.39. The van der Waals surface area contributed by atoms with Gasteiger partial charge in [-0.1, -0.05) is 12.1 Å². The van der Waals surface area contributed by atoms with Gasteiger partial charge < -0.3 is 10.2 Å². The van der Waals surface area contributed by atoms with E-state index in [0.29, 0.717) is 6.04 Å². The van der Waals surface area contributed by atoms with Crippen LogP contribution in [-0.2, 0) is 6.54 Å². The third-order valence-electron chi connectivity index (χ3n) is 2.68. The van der Waals surface area contributed by atoms with Crippen LogP contribution < -0.4 is 5.73 Å². The maximum atomic E-state index is 5.70. The zero-order chi connectivity index (χ0) is 10.3. The number of oxazole rings is 1. The summed E-state index contributed by atoms with van der Waals surface area (Å²) in [4.78, 5) is 6.64. The van der Waals surface area contributed by atoms with Crippen molar-refractivity contribution in [3.05, 3.63) is 30.2 Å². The molecule has 0 radical (unpaired) electrons. The molecule has 0 atom stereocenters. The average Bonchev–Trinajstić information content (AvgIpc) is 2.57. The highest BCUT2D eigenvalue weighted by Crippen LogP contribution is 2.17. The van der Waals surface area contributed by atoms with Crippen LogP contribution in [0.5, 0.6) is 0 Å². The van der Waals surface area contributed by atoms with E-state index in [0.717, 1.165) is 36.6 Å². The summed E-state index contributed by atoms with van der Waals surface area (Å²) in [6, 6.07) is 8.15. The van der Waals surface area contributed by atoms with Crippen molar-refractivity contribution < 1.29 is 4.42 Å². The first-order valence-corrected chi connectivity index (χ1v) is 5.13. The molecule has 78 valence electrons. The van der Waals surface area contributed by atoms with Gasteiger partial charge in [-0.15, -0.1) is 0 Å². The van der Waals surface area contributed by atoms with E-state index in [1.807, 2.05) is 24.3 Å². The number of aromatic nitrogens is 1. The predicted molar refractivity (Wildman–Crippen MR) is 57.3 cm³/mol. The predicted octanol–water partition coefficient (Wildman–Crippen LogP) is 0.971. The first kappa shape index (κ1) is 8.88. The molecule has 4 heteroatoms. The van der Waals surface area contributed by atoms with Crippen LogP contribution in [0.4, 0.5) is 0 Å². The molecule has 1 fully saturated rings. The van der Waals surface area contributed by atoms with Crippen LogP contribution in [0.2, 0.25) is 0 Å². The number of hydrogen-bond donors (Lipinski definition) is 1. The number of benzene rings is 1. The van der Waals surface area contributed by atoms with Gasteiger partial charge in [0.25, 0.3) is 0 Å². The summed E-state index contributed by atoms with van der Waals surface area (Å²) < 4.78 is 5.62. The fourth-order valence-corrected chi connectivity index (χ4v) is 1.92. The molecule has 2 heterocycles. The van der Waals surface area contributed by atoms with Crippen LogP contribution >= 0.6 is 0 Å². The fraction of sp³-hybridized carbons (Fsp3) is 0.364. The molecule has 0 amide bonds. The first-order valence-electron chi connectivity index (χ1n) is 5.13. The molecule has 2 N–H and O–H groups in total. The van der Waals surface area contributed by atoms with Gasteiger partial charge in [-0.25, -0.2) is 4.98 Å². The molecule has 1 aliphatic heterocycles. The number of likely N-dealkylation sites (tertiary alicyclic amines) is 1. The van der Waals surface area contributed by atoms with Crippen molar-refractivity contribution >= 4 is 11.1 Å². The Morgan fingerprint density at radius 1 is 1.40 bits per heavy atom. The van der Waals surface area contributed by atoms with Crippen LogP contribution in [-0.4, -0.2) is 29.0 Å². The number of nitrogens with zero attached hydrogens (tertiary/aromatic N) is 2. The maximum Gasteiger partial charge on any atom is 0.209 e. The second-order valence-electron chi connectivity index (χ2n) is 4.03.